The van der Waals surface area contributed by atoms with Gasteiger partial charge in [0, 0.05) is 15.3 Å². The van der Waals surface area contributed by atoms with Crippen LogP contribution in [0.2, 0.25) is 0 Å². The summed E-state index contributed by atoms with van der Waals surface area (Å²) in [5.74, 6) is -0.708. The van der Waals surface area contributed by atoms with Gasteiger partial charge in [-0.25, -0.2) is 0 Å². The van der Waals surface area contributed by atoms with Crippen molar-refractivity contribution >= 4 is 11.9 Å². The largest absolute Gasteiger partial charge is 0.481 e. The number of ether oxygens (including phenoxy) is 1. The summed E-state index contributed by atoms with van der Waals surface area (Å²) >= 11 is 0. The molecule has 0 bridgehead atoms. The van der Waals surface area contributed by atoms with Gasteiger partial charge in [0.15, 0.2) is 0 Å². The van der Waals surface area contributed by atoms with E-state index < -0.39 is 5.97 Å². The Balaban J connectivity index is -0.000000142. The highest BCUT2D eigenvalue weighted by molar-refractivity contribution is 5.67. The number of carbonyl (C=O) groups excluding carboxylic acids is 1. The van der Waals surface area contributed by atoms with Gasteiger partial charge < -0.3 is 9.84 Å². The van der Waals surface area contributed by atoms with E-state index in [1.165, 1.54) is 6.92 Å². The van der Waals surface area contributed by atoms with Crippen LogP contribution in [-0.4, -0.2) is 17.0 Å². The third kappa shape index (κ3) is 53.9. The predicted octanol–water partition coefficient (Wildman–Crippen LogP) is 1.42. The van der Waals surface area contributed by atoms with Crippen molar-refractivity contribution in [2.45, 2.75) is 20.8 Å². The van der Waals surface area contributed by atoms with E-state index in [0.717, 1.165) is 6.92 Å². The average molecular weight is 163 g/mol. The molecule has 66 valence electrons. The molecule has 0 aliphatic carbocycles. The Morgan fingerprint density at radius 1 is 1.36 bits per heavy atom. The lowest BCUT2D eigenvalue weighted by Crippen LogP contribution is -1.93. The number of aliphatic carboxylic acids is 1. The first-order valence-corrected chi connectivity index (χ1v) is 2.89. The molecule has 0 saturated carbocycles. The van der Waals surface area contributed by atoms with Gasteiger partial charge >= 0.3 is 5.97 Å². The summed E-state index contributed by atoms with van der Waals surface area (Å²) in [4.78, 5) is 19.0. The topological polar surface area (TPSA) is 63.6 Å². The van der Waals surface area contributed by atoms with Crippen LogP contribution in [0.3, 0.4) is 0 Å². The van der Waals surface area contributed by atoms with Crippen LogP contribution in [0.4, 0.5) is 0 Å². The van der Waals surface area contributed by atoms with Crippen molar-refractivity contribution < 1.29 is 20.9 Å². The maximum Gasteiger partial charge on any atom is 0.307 e. The molecule has 0 aliphatic rings. The molecule has 0 spiro atoms. The third-order valence-electron chi connectivity index (χ3n) is 0.318. The lowest BCUT2D eigenvalue weighted by atomic mass is 10.6. The van der Waals surface area contributed by atoms with E-state index in [1.807, 2.05) is 0 Å². The molecule has 0 aliphatic heterocycles. The molecular weight excluding hydrogens is 148 g/mol. The van der Waals surface area contributed by atoms with E-state index in [1.54, 1.807) is 6.92 Å². The molecule has 0 unspecified atom stereocenters. The number of rotatable bonds is 1. The number of esters is 1. The van der Waals surface area contributed by atoms with E-state index in [0.29, 0.717) is 5.76 Å². The monoisotopic (exact) mass is 163 g/mol. The summed E-state index contributed by atoms with van der Waals surface area (Å²) in [5, 5.41) is 7.42. The highest BCUT2D eigenvalue weighted by atomic mass is 16.5. The predicted molar refractivity (Wildman–Crippen MR) is 42.0 cm³/mol. The standard InChI is InChI=1S/C5H8O2.C2H4O2.H2/c1-4(2)7-5(3)6;1-2(3)4;/h1H2,2-3H3;1H3,(H,3,4);1H/i;;1+1. The summed E-state index contributed by atoms with van der Waals surface area (Å²) in [6.45, 7) is 7.40. The van der Waals surface area contributed by atoms with Gasteiger partial charge in [0.1, 0.15) is 0 Å². The molecule has 0 aromatic carbocycles. The Bertz CT molecular complexity index is 149. The molecule has 0 aromatic heterocycles. The first-order valence-electron chi connectivity index (χ1n) is 2.89. The number of carbonyl (C=O) groups is 2. The number of carboxylic acids is 1. The first kappa shape index (κ1) is 12.4. The molecule has 0 saturated heterocycles. The van der Waals surface area contributed by atoms with Crippen molar-refractivity contribution in [2.24, 2.45) is 0 Å². The van der Waals surface area contributed by atoms with Gasteiger partial charge in [0.25, 0.3) is 5.97 Å². The number of hydrogen-bond acceptors (Lipinski definition) is 3. The molecular formula is C7H14O4. The van der Waals surface area contributed by atoms with Crippen molar-refractivity contribution in [3.05, 3.63) is 12.3 Å². The lowest BCUT2D eigenvalue weighted by Gasteiger charge is -1.93. The van der Waals surface area contributed by atoms with Gasteiger partial charge in [-0.15, -0.1) is 0 Å². The van der Waals surface area contributed by atoms with Gasteiger partial charge in [0.2, 0.25) is 0 Å². The summed E-state index contributed by atoms with van der Waals surface area (Å²) < 4.78 is 4.42. The minimum Gasteiger partial charge on any atom is -0.481 e. The molecule has 0 rings (SSSR count). The second-order valence-electron chi connectivity index (χ2n) is 1.81. The van der Waals surface area contributed by atoms with Crippen LogP contribution in [-0.2, 0) is 14.3 Å². The van der Waals surface area contributed by atoms with Gasteiger partial charge in [-0.1, -0.05) is 6.58 Å². The Labute approximate surface area is 67.0 Å². The molecule has 11 heavy (non-hydrogen) atoms. The maximum atomic E-state index is 9.97. The molecule has 0 amide bonds. The number of carboxylic acid groups (broad SMARTS) is 1. The van der Waals surface area contributed by atoms with Crippen LogP contribution in [0.5, 0.6) is 0 Å². The Morgan fingerprint density at radius 2 is 1.64 bits per heavy atom. The molecule has 0 heterocycles. The molecule has 0 aromatic rings. The van der Waals surface area contributed by atoms with Crippen LogP contribution in [0.25, 0.3) is 0 Å². The third-order valence-corrected chi connectivity index (χ3v) is 0.318. The lowest BCUT2D eigenvalue weighted by molar-refractivity contribution is -0.137. The van der Waals surface area contributed by atoms with Crippen molar-refractivity contribution in [1.29, 1.82) is 0 Å². The second-order valence-corrected chi connectivity index (χ2v) is 1.81. The second kappa shape index (κ2) is 6.80. The fraction of sp³-hybridized carbons (Fsp3) is 0.429. The molecule has 0 atom stereocenters. The summed E-state index contributed by atoms with van der Waals surface area (Å²) in [7, 11) is 0. The highest BCUT2D eigenvalue weighted by Crippen LogP contribution is 1.87. The van der Waals surface area contributed by atoms with Gasteiger partial charge in [-0.3, -0.25) is 9.59 Å². The Hall–Kier alpha value is -1.32. The SMILES string of the molecule is C=C(C)OC(C)=O.CC(=O)O.[2HH]. The maximum absolute atomic E-state index is 9.97. The number of hydrogen-bond donors (Lipinski definition) is 1. The molecule has 0 fully saturated rings. The van der Waals surface area contributed by atoms with Gasteiger partial charge in [-0.05, 0) is 6.92 Å². The van der Waals surface area contributed by atoms with E-state index in [-0.39, 0.29) is 7.40 Å². The zero-order valence-electron chi connectivity index (χ0n) is 6.88. The molecule has 1 N–H and O–H groups in total. The van der Waals surface area contributed by atoms with Gasteiger partial charge in [0.05, 0.1) is 5.76 Å². The quantitative estimate of drug-likeness (QED) is 0.469. The van der Waals surface area contributed by atoms with E-state index >= 15 is 0 Å². The number of allylic oxidation sites excluding steroid dienone is 1. The van der Waals surface area contributed by atoms with Crippen LogP contribution in [0, 0.1) is 0 Å². The van der Waals surface area contributed by atoms with E-state index in [2.05, 4.69) is 11.3 Å². The highest BCUT2D eigenvalue weighted by Gasteiger charge is 1.87. The van der Waals surface area contributed by atoms with E-state index in [4.69, 9.17) is 9.90 Å². The normalized spacial score (nSPS) is 7.18. The van der Waals surface area contributed by atoms with Crippen LogP contribution < -0.4 is 0 Å². The summed E-state index contributed by atoms with van der Waals surface area (Å²) in [6, 6.07) is 0. The Kier molecular flexibility index (Phi) is 7.64. The van der Waals surface area contributed by atoms with Crippen LogP contribution >= 0.6 is 0 Å². The zero-order chi connectivity index (χ0) is 9.44. The minimum atomic E-state index is -0.833. The minimum absolute atomic E-state index is 0. The summed E-state index contributed by atoms with van der Waals surface area (Å²) in [5.41, 5.74) is 0. The van der Waals surface area contributed by atoms with Crippen molar-refractivity contribution in [1.82, 2.24) is 0 Å². The molecule has 4 nitrogen and oxygen atoms in total. The zero-order valence-corrected chi connectivity index (χ0v) is 6.88. The first-order chi connectivity index (χ1) is 4.86. The van der Waals surface area contributed by atoms with Crippen LogP contribution in [0.15, 0.2) is 12.3 Å². The molecule has 0 radical (unpaired) electrons. The van der Waals surface area contributed by atoms with Crippen molar-refractivity contribution in [3.63, 3.8) is 0 Å². The summed E-state index contributed by atoms with van der Waals surface area (Å²) in [6.07, 6.45) is 0. The Morgan fingerprint density at radius 3 is 1.64 bits per heavy atom. The smallest absolute Gasteiger partial charge is 0.307 e. The average Bonchev–Trinajstić information content (AvgIpc) is 1.56. The van der Waals surface area contributed by atoms with Crippen molar-refractivity contribution in [3.8, 4) is 0 Å². The van der Waals surface area contributed by atoms with Crippen molar-refractivity contribution in [2.75, 3.05) is 0 Å². The fourth-order valence-corrected chi connectivity index (χ4v) is 0.245. The van der Waals surface area contributed by atoms with Gasteiger partial charge in [-0.2, -0.15) is 0 Å². The fourth-order valence-electron chi connectivity index (χ4n) is 0.245. The van der Waals surface area contributed by atoms with Crippen LogP contribution in [0.1, 0.15) is 22.2 Å². The van der Waals surface area contributed by atoms with E-state index in [9.17, 15) is 4.79 Å². The molecule has 4 heteroatoms.